The highest BCUT2D eigenvalue weighted by atomic mass is 16.2. The van der Waals surface area contributed by atoms with Crippen LogP contribution in [-0.4, -0.2) is 36.7 Å². The van der Waals surface area contributed by atoms with E-state index < -0.39 is 0 Å². The van der Waals surface area contributed by atoms with Crippen molar-refractivity contribution in [2.75, 3.05) is 20.1 Å². The van der Waals surface area contributed by atoms with Crippen molar-refractivity contribution in [1.82, 2.24) is 10.2 Å². The molecular formula is C25H26N2O2. The number of hydrogen-bond acceptors (Lipinski definition) is 3. The summed E-state index contributed by atoms with van der Waals surface area (Å²) >= 11 is 0. The number of ketones is 1. The number of rotatable bonds is 9. The molecule has 3 aromatic rings. The number of amides is 1. The molecule has 0 radical (unpaired) electrons. The molecule has 3 aromatic carbocycles. The first kappa shape index (κ1) is 20.5. The maximum absolute atomic E-state index is 12.8. The molecule has 0 aromatic heterocycles. The highest BCUT2D eigenvalue weighted by Crippen LogP contribution is 2.15. The average molecular weight is 386 g/mol. The second-order valence-electron chi connectivity index (χ2n) is 7.07. The average Bonchev–Trinajstić information content (AvgIpc) is 2.77. The molecule has 0 aliphatic heterocycles. The third-order valence-corrected chi connectivity index (χ3v) is 4.75. The summed E-state index contributed by atoms with van der Waals surface area (Å²) < 4.78 is 0. The Hall–Kier alpha value is -3.24. The van der Waals surface area contributed by atoms with E-state index in [-0.39, 0.29) is 11.7 Å². The molecule has 0 unspecified atom stereocenters. The van der Waals surface area contributed by atoms with Gasteiger partial charge in [0.1, 0.15) is 0 Å². The van der Waals surface area contributed by atoms with E-state index in [2.05, 4.69) is 29.4 Å². The van der Waals surface area contributed by atoms with E-state index >= 15 is 0 Å². The first-order chi connectivity index (χ1) is 14.1. The lowest BCUT2D eigenvalue weighted by Crippen LogP contribution is -2.29. The summed E-state index contributed by atoms with van der Waals surface area (Å²) in [6.07, 6.45) is 0.837. The van der Waals surface area contributed by atoms with Crippen LogP contribution in [0.25, 0.3) is 0 Å². The maximum Gasteiger partial charge on any atom is 0.252 e. The van der Waals surface area contributed by atoms with Gasteiger partial charge in [-0.05, 0) is 31.6 Å². The zero-order valence-corrected chi connectivity index (χ0v) is 16.7. The van der Waals surface area contributed by atoms with Gasteiger partial charge in [-0.1, -0.05) is 78.9 Å². The summed E-state index contributed by atoms with van der Waals surface area (Å²) in [6, 6.07) is 26.3. The molecule has 0 atom stereocenters. The lowest BCUT2D eigenvalue weighted by atomic mass is 9.98. The molecule has 0 heterocycles. The Balaban J connectivity index is 1.53. The fourth-order valence-corrected chi connectivity index (χ4v) is 3.24. The summed E-state index contributed by atoms with van der Waals surface area (Å²) in [4.78, 5) is 27.7. The molecule has 4 nitrogen and oxygen atoms in total. The van der Waals surface area contributed by atoms with Gasteiger partial charge < -0.3 is 10.2 Å². The molecule has 0 saturated heterocycles. The van der Waals surface area contributed by atoms with Crippen molar-refractivity contribution in [3.8, 4) is 0 Å². The molecule has 0 aliphatic rings. The zero-order valence-electron chi connectivity index (χ0n) is 16.7. The molecule has 0 spiro atoms. The molecule has 0 saturated carbocycles. The largest absolute Gasteiger partial charge is 0.352 e. The molecule has 0 aliphatic carbocycles. The third kappa shape index (κ3) is 5.87. The van der Waals surface area contributed by atoms with Crippen molar-refractivity contribution in [2.24, 2.45) is 0 Å². The van der Waals surface area contributed by atoms with Gasteiger partial charge in [-0.15, -0.1) is 0 Å². The topological polar surface area (TPSA) is 49.4 Å². The molecule has 1 N–H and O–H groups in total. The van der Waals surface area contributed by atoms with Crippen LogP contribution < -0.4 is 5.32 Å². The van der Waals surface area contributed by atoms with Gasteiger partial charge in [-0.2, -0.15) is 0 Å². The summed E-state index contributed by atoms with van der Waals surface area (Å²) in [5, 5.41) is 2.95. The molecule has 4 heteroatoms. The van der Waals surface area contributed by atoms with Crippen molar-refractivity contribution in [3.63, 3.8) is 0 Å². The molecule has 1 amide bonds. The maximum atomic E-state index is 12.8. The van der Waals surface area contributed by atoms with Gasteiger partial charge in [0.05, 0.1) is 5.56 Å². The predicted octanol–water partition coefficient (Wildman–Crippen LogP) is 4.17. The van der Waals surface area contributed by atoms with Crippen LogP contribution >= 0.6 is 0 Å². The summed E-state index contributed by atoms with van der Waals surface area (Å²) in [6.45, 7) is 2.31. The molecule has 3 rings (SSSR count). The van der Waals surface area contributed by atoms with E-state index in [1.807, 2.05) is 36.4 Å². The zero-order chi connectivity index (χ0) is 20.5. The third-order valence-electron chi connectivity index (χ3n) is 4.75. The number of carbonyl (C=O) groups is 2. The van der Waals surface area contributed by atoms with Crippen molar-refractivity contribution >= 4 is 11.7 Å². The van der Waals surface area contributed by atoms with E-state index in [1.54, 1.807) is 36.4 Å². The Labute approximate surface area is 172 Å². The van der Waals surface area contributed by atoms with Gasteiger partial charge in [0.2, 0.25) is 0 Å². The number of hydrogen-bond donors (Lipinski definition) is 1. The Morgan fingerprint density at radius 2 is 1.38 bits per heavy atom. The van der Waals surface area contributed by atoms with Crippen LogP contribution in [-0.2, 0) is 6.54 Å². The van der Waals surface area contributed by atoms with Crippen LogP contribution in [0.5, 0.6) is 0 Å². The van der Waals surface area contributed by atoms with Gasteiger partial charge in [0, 0.05) is 24.2 Å². The van der Waals surface area contributed by atoms with Gasteiger partial charge >= 0.3 is 0 Å². The van der Waals surface area contributed by atoms with Gasteiger partial charge in [0.15, 0.2) is 5.78 Å². The number of benzene rings is 3. The first-order valence-electron chi connectivity index (χ1n) is 9.84. The standard InChI is InChI=1S/C25H26N2O2/c1-27(19-20-11-4-2-5-12-20)18-10-17-26-25(29)23-16-9-8-15-22(23)24(28)21-13-6-3-7-14-21/h2-9,11-16H,10,17-19H2,1H3,(H,26,29). The normalized spacial score (nSPS) is 10.7. The van der Waals surface area contributed by atoms with Crippen LogP contribution in [0.2, 0.25) is 0 Å². The lowest BCUT2D eigenvalue weighted by Gasteiger charge is -2.17. The second kappa shape index (κ2) is 10.3. The quantitative estimate of drug-likeness (QED) is 0.444. The number of nitrogens with zero attached hydrogens (tertiary/aromatic N) is 1. The minimum Gasteiger partial charge on any atom is -0.352 e. The molecular weight excluding hydrogens is 360 g/mol. The van der Waals surface area contributed by atoms with Crippen LogP contribution in [0.4, 0.5) is 0 Å². The van der Waals surface area contributed by atoms with E-state index in [4.69, 9.17) is 0 Å². The number of nitrogens with one attached hydrogen (secondary N) is 1. The Bertz CT molecular complexity index is 939. The minimum absolute atomic E-state index is 0.140. The van der Waals surface area contributed by atoms with Crippen LogP contribution in [0.3, 0.4) is 0 Å². The minimum atomic E-state index is -0.212. The Kier molecular flexibility index (Phi) is 7.31. The van der Waals surface area contributed by atoms with Crippen LogP contribution in [0.1, 0.15) is 38.3 Å². The Morgan fingerprint density at radius 1 is 0.793 bits per heavy atom. The van der Waals surface area contributed by atoms with Crippen molar-refractivity contribution < 1.29 is 9.59 Å². The van der Waals surface area contributed by atoms with Crippen molar-refractivity contribution in [1.29, 1.82) is 0 Å². The SMILES string of the molecule is CN(CCCNC(=O)c1ccccc1C(=O)c1ccccc1)Cc1ccccc1. The first-order valence-corrected chi connectivity index (χ1v) is 9.84. The molecule has 0 fully saturated rings. The van der Waals surface area contributed by atoms with E-state index in [9.17, 15) is 9.59 Å². The molecule has 29 heavy (non-hydrogen) atoms. The fourth-order valence-electron chi connectivity index (χ4n) is 3.24. The van der Waals surface area contributed by atoms with Gasteiger partial charge in [0.25, 0.3) is 5.91 Å². The van der Waals surface area contributed by atoms with E-state index in [0.29, 0.717) is 23.2 Å². The predicted molar refractivity (Wildman–Crippen MR) is 116 cm³/mol. The van der Waals surface area contributed by atoms with Crippen molar-refractivity contribution in [2.45, 2.75) is 13.0 Å². The molecule has 0 bridgehead atoms. The fraction of sp³-hybridized carbons (Fsp3) is 0.200. The van der Waals surface area contributed by atoms with Gasteiger partial charge in [-0.3, -0.25) is 9.59 Å². The van der Waals surface area contributed by atoms with E-state index in [1.165, 1.54) is 5.56 Å². The Morgan fingerprint density at radius 3 is 2.07 bits per heavy atom. The van der Waals surface area contributed by atoms with Crippen molar-refractivity contribution in [3.05, 3.63) is 107 Å². The van der Waals surface area contributed by atoms with E-state index in [0.717, 1.165) is 19.5 Å². The smallest absolute Gasteiger partial charge is 0.252 e. The lowest BCUT2D eigenvalue weighted by molar-refractivity contribution is 0.0940. The second-order valence-corrected chi connectivity index (χ2v) is 7.07. The summed E-state index contributed by atoms with van der Waals surface area (Å²) in [7, 11) is 2.07. The molecule has 148 valence electrons. The van der Waals surface area contributed by atoms with Crippen LogP contribution in [0.15, 0.2) is 84.9 Å². The number of carbonyl (C=O) groups excluding carboxylic acids is 2. The van der Waals surface area contributed by atoms with Crippen LogP contribution in [0, 0.1) is 0 Å². The summed E-state index contributed by atoms with van der Waals surface area (Å²) in [5.41, 5.74) is 2.69. The summed E-state index contributed by atoms with van der Waals surface area (Å²) in [5.74, 6) is -0.352. The highest BCUT2D eigenvalue weighted by molar-refractivity contribution is 6.15. The monoisotopic (exact) mass is 386 g/mol. The van der Waals surface area contributed by atoms with Gasteiger partial charge in [-0.25, -0.2) is 0 Å². The highest BCUT2D eigenvalue weighted by Gasteiger charge is 2.17.